The molecule has 0 saturated carbocycles. The molecule has 6 heteroatoms. The second-order valence-corrected chi connectivity index (χ2v) is 4.74. The van der Waals surface area contributed by atoms with Gasteiger partial charge in [-0.3, -0.25) is 0 Å². The molecular weight excluding hydrogens is 282 g/mol. The van der Waals surface area contributed by atoms with Crippen molar-refractivity contribution in [1.29, 1.82) is 0 Å². The van der Waals surface area contributed by atoms with Crippen LogP contribution in [0, 0.1) is 0 Å². The van der Waals surface area contributed by atoms with E-state index in [2.05, 4.69) is 9.47 Å². The topological polar surface area (TPSA) is 36.9 Å². The van der Waals surface area contributed by atoms with Crippen molar-refractivity contribution in [2.24, 2.45) is 0 Å². The standard InChI is InChI=1S/C15H10F2O4/c16-15(17)20-12-6-5-9(7-13(12)21-15)14-8-18-10-3-1-2-4-11(10)19-14/h1-7,14H,8H2. The Labute approximate surface area is 118 Å². The van der Waals surface area contributed by atoms with Crippen molar-refractivity contribution in [2.75, 3.05) is 6.61 Å². The van der Waals surface area contributed by atoms with E-state index in [1.165, 1.54) is 12.1 Å². The highest BCUT2D eigenvalue weighted by atomic mass is 19.3. The van der Waals surface area contributed by atoms with Crippen LogP contribution in [0.25, 0.3) is 0 Å². The minimum atomic E-state index is -3.61. The number of alkyl halides is 2. The minimum absolute atomic E-state index is 0.0000383. The third-order valence-electron chi connectivity index (χ3n) is 3.31. The van der Waals surface area contributed by atoms with E-state index in [1.54, 1.807) is 12.1 Å². The molecular formula is C15H10F2O4. The first-order valence-electron chi connectivity index (χ1n) is 6.39. The Bertz CT molecular complexity index is 702. The number of fused-ring (bicyclic) bond motifs is 2. The summed E-state index contributed by atoms with van der Waals surface area (Å²) in [4.78, 5) is 0. The van der Waals surface area contributed by atoms with Gasteiger partial charge in [0.05, 0.1) is 0 Å². The van der Waals surface area contributed by atoms with Gasteiger partial charge >= 0.3 is 6.29 Å². The van der Waals surface area contributed by atoms with Gasteiger partial charge in [0.15, 0.2) is 29.1 Å². The first-order chi connectivity index (χ1) is 10.1. The van der Waals surface area contributed by atoms with Crippen LogP contribution in [0.2, 0.25) is 0 Å². The minimum Gasteiger partial charge on any atom is -0.485 e. The largest absolute Gasteiger partial charge is 0.586 e. The average molecular weight is 292 g/mol. The van der Waals surface area contributed by atoms with Gasteiger partial charge in [0, 0.05) is 0 Å². The van der Waals surface area contributed by atoms with Gasteiger partial charge in [0.1, 0.15) is 6.61 Å². The second kappa shape index (κ2) is 4.25. The summed E-state index contributed by atoms with van der Waals surface area (Å²) in [6, 6.07) is 11.9. The maximum atomic E-state index is 13.0. The van der Waals surface area contributed by atoms with Crippen molar-refractivity contribution in [3.05, 3.63) is 48.0 Å². The van der Waals surface area contributed by atoms with Crippen LogP contribution < -0.4 is 18.9 Å². The van der Waals surface area contributed by atoms with Gasteiger partial charge < -0.3 is 18.9 Å². The molecule has 0 spiro atoms. The SMILES string of the molecule is FC1(F)Oc2ccc(C3COc4ccccc4O3)cc2O1. The van der Waals surface area contributed by atoms with Crippen molar-refractivity contribution < 1.29 is 27.7 Å². The number of halogens is 2. The molecule has 4 nitrogen and oxygen atoms in total. The van der Waals surface area contributed by atoms with Crippen LogP contribution in [0.5, 0.6) is 23.0 Å². The van der Waals surface area contributed by atoms with Crippen molar-refractivity contribution in [1.82, 2.24) is 0 Å². The molecule has 108 valence electrons. The molecule has 2 heterocycles. The number of para-hydroxylation sites is 2. The number of benzene rings is 2. The van der Waals surface area contributed by atoms with Crippen molar-refractivity contribution in [3.63, 3.8) is 0 Å². The highest BCUT2D eigenvalue weighted by Crippen LogP contribution is 2.43. The van der Waals surface area contributed by atoms with Gasteiger partial charge in [-0.05, 0) is 29.8 Å². The highest BCUT2D eigenvalue weighted by Gasteiger charge is 2.43. The smallest absolute Gasteiger partial charge is 0.485 e. The Morgan fingerprint density at radius 1 is 0.905 bits per heavy atom. The first kappa shape index (κ1) is 12.3. The fourth-order valence-electron chi connectivity index (χ4n) is 2.35. The molecule has 2 aromatic rings. The van der Waals surface area contributed by atoms with Crippen LogP contribution in [0.1, 0.15) is 11.7 Å². The molecule has 2 aromatic carbocycles. The van der Waals surface area contributed by atoms with Crippen LogP contribution in [0.15, 0.2) is 42.5 Å². The van der Waals surface area contributed by atoms with Crippen LogP contribution in [-0.2, 0) is 0 Å². The van der Waals surface area contributed by atoms with E-state index in [0.717, 1.165) is 0 Å². The lowest BCUT2D eigenvalue weighted by molar-refractivity contribution is -0.286. The van der Waals surface area contributed by atoms with E-state index >= 15 is 0 Å². The number of rotatable bonds is 1. The Kier molecular flexibility index (Phi) is 2.48. The normalized spacial score (nSPS) is 21.1. The van der Waals surface area contributed by atoms with E-state index in [9.17, 15) is 8.78 Å². The quantitative estimate of drug-likeness (QED) is 0.806. The van der Waals surface area contributed by atoms with Gasteiger partial charge in [0.25, 0.3) is 0 Å². The maximum absolute atomic E-state index is 13.0. The lowest BCUT2D eigenvalue weighted by Crippen LogP contribution is -2.26. The summed E-state index contributed by atoms with van der Waals surface area (Å²) in [6.45, 7) is 0.299. The number of hydrogen-bond donors (Lipinski definition) is 0. The molecule has 0 fully saturated rings. The lowest BCUT2D eigenvalue weighted by Gasteiger charge is -2.26. The molecule has 1 unspecified atom stereocenters. The van der Waals surface area contributed by atoms with Crippen LogP contribution >= 0.6 is 0 Å². The number of hydrogen-bond acceptors (Lipinski definition) is 4. The van der Waals surface area contributed by atoms with E-state index in [0.29, 0.717) is 23.7 Å². The third-order valence-corrected chi connectivity index (χ3v) is 3.31. The Balaban J connectivity index is 1.62. The molecule has 0 N–H and O–H groups in total. The van der Waals surface area contributed by atoms with Crippen molar-refractivity contribution >= 4 is 0 Å². The molecule has 2 aliphatic rings. The van der Waals surface area contributed by atoms with Crippen molar-refractivity contribution in [3.8, 4) is 23.0 Å². The molecule has 2 aliphatic heterocycles. The van der Waals surface area contributed by atoms with Crippen LogP contribution in [-0.4, -0.2) is 12.9 Å². The molecule has 0 radical (unpaired) electrons. The Hall–Kier alpha value is -2.50. The maximum Gasteiger partial charge on any atom is 0.586 e. The predicted octanol–water partition coefficient (Wildman–Crippen LogP) is 3.52. The zero-order valence-electron chi connectivity index (χ0n) is 10.7. The van der Waals surface area contributed by atoms with Gasteiger partial charge in [-0.25, -0.2) is 0 Å². The molecule has 0 aromatic heterocycles. The molecule has 4 rings (SSSR count). The molecule has 21 heavy (non-hydrogen) atoms. The Morgan fingerprint density at radius 3 is 2.52 bits per heavy atom. The van der Waals surface area contributed by atoms with E-state index < -0.39 is 6.29 Å². The summed E-state index contributed by atoms with van der Waals surface area (Å²) >= 11 is 0. The second-order valence-electron chi connectivity index (χ2n) is 4.74. The van der Waals surface area contributed by atoms with Gasteiger partial charge in [0.2, 0.25) is 0 Å². The Morgan fingerprint density at radius 2 is 1.67 bits per heavy atom. The summed E-state index contributed by atoms with van der Waals surface area (Å²) in [7, 11) is 0. The lowest BCUT2D eigenvalue weighted by atomic mass is 10.1. The van der Waals surface area contributed by atoms with Gasteiger partial charge in [-0.15, -0.1) is 8.78 Å². The summed E-state index contributed by atoms with van der Waals surface area (Å²) in [5.41, 5.74) is 0.685. The predicted molar refractivity (Wildman–Crippen MR) is 68.0 cm³/mol. The fraction of sp³-hybridized carbons (Fsp3) is 0.200. The first-order valence-corrected chi connectivity index (χ1v) is 6.39. The van der Waals surface area contributed by atoms with Crippen molar-refractivity contribution in [2.45, 2.75) is 12.4 Å². The molecule has 0 saturated heterocycles. The molecule has 0 aliphatic carbocycles. The molecule has 0 amide bonds. The summed E-state index contributed by atoms with van der Waals surface area (Å²) in [6.07, 6.45) is -4.00. The third kappa shape index (κ3) is 2.12. The summed E-state index contributed by atoms with van der Waals surface area (Å²) in [5.74, 6) is 1.30. The molecule has 0 bridgehead atoms. The van der Waals surface area contributed by atoms with Gasteiger partial charge in [-0.2, -0.15) is 0 Å². The van der Waals surface area contributed by atoms with E-state index in [-0.39, 0.29) is 17.6 Å². The zero-order valence-corrected chi connectivity index (χ0v) is 10.7. The summed E-state index contributed by atoms with van der Waals surface area (Å²) in [5, 5.41) is 0. The van der Waals surface area contributed by atoms with E-state index in [1.807, 2.05) is 18.2 Å². The zero-order chi connectivity index (χ0) is 14.4. The van der Waals surface area contributed by atoms with E-state index in [4.69, 9.17) is 9.47 Å². The van der Waals surface area contributed by atoms with Crippen LogP contribution in [0.3, 0.4) is 0 Å². The highest BCUT2D eigenvalue weighted by molar-refractivity contribution is 5.47. The average Bonchev–Trinajstić information content (AvgIpc) is 2.79. The van der Waals surface area contributed by atoms with Crippen LogP contribution in [0.4, 0.5) is 8.78 Å². The van der Waals surface area contributed by atoms with Gasteiger partial charge in [-0.1, -0.05) is 18.2 Å². The summed E-state index contributed by atoms with van der Waals surface area (Å²) < 4.78 is 46.3. The fourth-order valence-corrected chi connectivity index (χ4v) is 2.35. The number of ether oxygens (including phenoxy) is 4. The monoisotopic (exact) mass is 292 g/mol. The molecule has 1 atom stereocenters.